The van der Waals surface area contributed by atoms with Gasteiger partial charge in [0.1, 0.15) is 12.4 Å². The van der Waals surface area contributed by atoms with Gasteiger partial charge in [0, 0.05) is 0 Å². The van der Waals surface area contributed by atoms with Crippen molar-refractivity contribution < 1.29 is 9.90 Å². The number of aliphatic carboxylic acids is 1. The van der Waals surface area contributed by atoms with Crippen LogP contribution in [0.4, 0.5) is 0 Å². The second-order valence-corrected chi connectivity index (χ2v) is 6.68. The molecule has 0 radical (unpaired) electrons. The largest absolute Gasteiger partial charge is 0.480 e. The number of aromatic nitrogens is 2. The van der Waals surface area contributed by atoms with Crippen LogP contribution in [0.1, 0.15) is 25.6 Å². The predicted molar refractivity (Wildman–Crippen MR) is 76.4 cm³/mol. The third-order valence-corrected chi connectivity index (χ3v) is 5.16. The number of rotatable bonds is 3. The van der Waals surface area contributed by atoms with Crippen molar-refractivity contribution in [3.8, 4) is 0 Å². The normalized spacial score (nSPS) is 23.0. The third kappa shape index (κ3) is 2.12. The van der Waals surface area contributed by atoms with E-state index in [2.05, 4.69) is 6.92 Å². The van der Waals surface area contributed by atoms with Crippen LogP contribution in [0.5, 0.6) is 0 Å². The van der Waals surface area contributed by atoms with E-state index in [-0.39, 0.29) is 11.3 Å². The first-order valence-electron chi connectivity index (χ1n) is 6.42. The Hall–Kier alpha value is -1.49. The number of thioether (sulfide) groups is 1. The summed E-state index contributed by atoms with van der Waals surface area (Å²) in [7, 11) is 0. The molecule has 100 valence electrons. The van der Waals surface area contributed by atoms with Crippen LogP contribution in [0.15, 0.2) is 24.3 Å². The molecule has 1 fully saturated rings. The van der Waals surface area contributed by atoms with Crippen LogP contribution in [-0.4, -0.2) is 26.4 Å². The standard InChI is InChI=1S/C14H16N2O2S/c1-14(7-4-8-19-14)13-15-10-5-2-3-6-11(10)16(13)9-12(17)18/h2-3,5-6H,4,7-9H2,1H3,(H,17,18). The molecule has 1 aromatic carbocycles. The maximum Gasteiger partial charge on any atom is 0.323 e. The van der Waals surface area contributed by atoms with Gasteiger partial charge < -0.3 is 9.67 Å². The molecular formula is C14H16N2O2S. The van der Waals surface area contributed by atoms with Crippen LogP contribution in [-0.2, 0) is 16.1 Å². The number of imidazole rings is 1. The number of hydrogen-bond acceptors (Lipinski definition) is 3. The molecule has 1 aliphatic heterocycles. The number of fused-ring (bicyclic) bond motifs is 1. The zero-order valence-electron chi connectivity index (χ0n) is 10.8. The van der Waals surface area contributed by atoms with Gasteiger partial charge in [-0.05, 0) is 37.7 Å². The monoisotopic (exact) mass is 276 g/mol. The maximum absolute atomic E-state index is 11.1. The lowest BCUT2D eigenvalue weighted by Gasteiger charge is -2.22. The van der Waals surface area contributed by atoms with Gasteiger partial charge in [0.2, 0.25) is 0 Å². The fourth-order valence-corrected chi connectivity index (χ4v) is 4.04. The van der Waals surface area contributed by atoms with Gasteiger partial charge in [-0.15, -0.1) is 11.8 Å². The minimum absolute atomic E-state index is 0.0218. The molecule has 1 N–H and O–H groups in total. The Labute approximate surface area is 115 Å². The molecule has 0 saturated carbocycles. The highest BCUT2D eigenvalue weighted by molar-refractivity contribution is 8.00. The van der Waals surface area contributed by atoms with E-state index in [0.29, 0.717) is 0 Å². The quantitative estimate of drug-likeness (QED) is 0.936. The number of benzene rings is 1. The lowest BCUT2D eigenvalue weighted by Crippen LogP contribution is -2.22. The first-order chi connectivity index (χ1) is 9.10. The molecule has 3 rings (SSSR count). The lowest BCUT2D eigenvalue weighted by molar-refractivity contribution is -0.137. The molecule has 0 spiro atoms. The van der Waals surface area contributed by atoms with E-state index in [4.69, 9.17) is 10.1 Å². The highest BCUT2D eigenvalue weighted by Crippen LogP contribution is 2.46. The van der Waals surface area contributed by atoms with Crippen LogP contribution in [0, 0.1) is 0 Å². The van der Waals surface area contributed by atoms with Crippen LogP contribution >= 0.6 is 11.8 Å². The van der Waals surface area contributed by atoms with Gasteiger partial charge in [-0.2, -0.15) is 0 Å². The summed E-state index contributed by atoms with van der Waals surface area (Å²) in [6, 6.07) is 7.75. The molecule has 1 saturated heterocycles. The molecule has 4 nitrogen and oxygen atoms in total. The Bertz CT molecular complexity index is 629. The average molecular weight is 276 g/mol. The highest BCUT2D eigenvalue weighted by atomic mass is 32.2. The third-order valence-electron chi connectivity index (χ3n) is 3.64. The number of carboxylic acid groups (broad SMARTS) is 1. The number of carboxylic acids is 1. The van der Waals surface area contributed by atoms with E-state index in [1.807, 2.05) is 40.6 Å². The first kappa shape index (κ1) is 12.5. The Morgan fingerprint density at radius 3 is 3.00 bits per heavy atom. The van der Waals surface area contributed by atoms with Crippen molar-refractivity contribution in [3.63, 3.8) is 0 Å². The molecule has 0 aliphatic carbocycles. The van der Waals surface area contributed by atoms with E-state index >= 15 is 0 Å². The fourth-order valence-electron chi connectivity index (χ4n) is 2.73. The summed E-state index contributed by atoms with van der Waals surface area (Å²) < 4.78 is 1.80. The molecule has 1 aliphatic rings. The molecule has 1 aromatic heterocycles. The van der Waals surface area contributed by atoms with Crippen molar-refractivity contribution in [2.75, 3.05) is 5.75 Å². The number of para-hydroxylation sites is 2. The number of nitrogens with zero attached hydrogens (tertiary/aromatic N) is 2. The summed E-state index contributed by atoms with van der Waals surface area (Å²) in [5.74, 6) is 1.20. The summed E-state index contributed by atoms with van der Waals surface area (Å²) in [6.45, 7) is 2.15. The van der Waals surface area contributed by atoms with Gasteiger partial charge in [0.25, 0.3) is 0 Å². The zero-order chi connectivity index (χ0) is 13.5. The van der Waals surface area contributed by atoms with Crippen LogP contribution in [0.2, 0.25) is 0 Å². The summed E-state index contributed by atoms with van der Waals surface area (Å²) in [5.41, 5.74) is 1.79. The summed E-state index contributed by atoms with van der Waals surface area (Å²) in [6.07, 6.45) is 2.22. The zero-order valence-corrected chi connectivity index (χ0v) is 11.6. The molecule has 19 heavy (non-hydrogen) atoms. The molecule has 2 heterocycles. The molecule has 2 aromatic rings. The van der Waals surface area contributed by atoms with Crippen molar-refractivity contribution in [1.29, 1.82) is 0 Å². The lowest BCUT2D eigenvalue weighted by atomic mass is 10.0. The van der Waals surface area contributed by atoms with Gasteiger partial charge in [-0.1, -0.05) is 12.1 Å². The minimum Gasteiger partial charge on any atom is -0.480 e. The molecule has 0 amide bonds. The van der Waals surface area contributed by atoms with Crippen molar-refractivity contribution >= 4 is 28.8 Å². The van der Waals surface area contributed by atoms with E-state index in [0.717, 1.165) is 35.5 Å². The van der Waals surface area contributed by atoms with E-state index in [9.17, 15) is 4.79 Å². The fraction of sp³-hybridized carbons (Fsp3) is 0.429. The van der Waals surface area contributed by atoms with Crippen molar-refractivity contribution in [1.82, 2.24) is 9.55 Å². The topological polar surface area (TPSA) is 55.1 Å². The number of hydrogen-bond donors (Lipinski definition) is 1. The second-order valence-electron chi connectivity index (χ2n) is 5.09. The van der Waals surface area contributed by atoms with E-state index in [1.165, 1.54) is 0 Å². The minimum atomic E-state index is -0.823. The molecular weight excluding hydrogens is 260 g/mol. The Kier molecular flexibility index (Phi) is 3.01. The summed E-state index contributed by atoms with van der Waals surface area (Å²) >= 11 is 1.88. The van der Waals surface area contributed by atoms with Crippen molar-refractivity contribution in [3.05, 3.63) is 30.1 Å². The first-order valence-corrected chi connectivity index (χ1v) is 7.40. The molecule has 5 heteroatoms. The molecule has 0 bridgehead atoms. The van der Waals surface area contributed by atoms with Crippen molar-refractivity contribution in [2.24, 2.45) is 0 Å². The maximum atomic E-state index is 11.1. The Morgan fingerprint density at radius 2 is 2.32 bits per heavy atom. The summed E-state index contributed by atoms with van der Waals surface area (Å²) in [5, 5.41) is 9.14. The van der Waals surface area contributed by atoms with Gasteiger partial charge in [0.15, 0.2) is 0 Å². The van der Waals surface area contributed by atoms with E-state index < -0.39 is 5.97 Å². The summed E-state index contributed by atoms with van der Waals surface area (Å²) in [4.78, 5) is 15.8. The SMILES string of the molecule is CC1(c2nc3ccccc3n2CC(=O)O)CCCS1. The van der Waals surface area contributed by atoms with Gasteiger partial charge in [0.05, 0.1) is 15.8 Å². The second kappa shape index (κ2) is 4.56. The average Bonchev–Trinajstić information content (AvgIpc) is 2.95. The van der Waals surface area contributed by atoms with Crippen molar-refractivity contribution in [2.45, 2.75) is 31.1 Å². The van der Waals surface area contributed by atoms with Gasteiger partial charge in [-0.25, -0.2) is 4.98 Å². The van der Waals surface area contributed by atoms with E-state index in [1.54, 1.807) is 0 Å². The number of carbonyl (C=O) groups is 1. The molecule has 1 atom stereocenters. The van der Waals surface area contributed by atoms with Gasteiger partial charge in [-0.3, -0.25) is 4.79 Å². The highest BCUT2D eigenvalue weighted by Gasteiger charge is 2.36. The Balaban J connectivity index is 2.19. The van der Waals surface area contributed by atoms with Crippen LogP contribution in [0.25, 0.3) is 11.0 Å². The molecule has 1 unspecified atom stereocenters. The van der Waals surface area contributed by atoms with Crippen LogP contribution in [0.3, 0.4) is 0 Å². The smallest absolute Gasteiger partial charge is 0.323 e. The van der Waals surface area contributed by atoms with Gasteiger partial charge >= 0.3 is 5.97 Å². The van der Waals surface area contributed by atoms with Crippen LogP contribution < -0.4 is 0 Å². The Morgan fingerprint density at radius 1 is 1.53 bits per heavy atom. The predicted octanol–water partition coefficient (Wildman–Crippen LogP) is 2.86.